The van der Waals surface area contributed by atoms with E-state index in [0.29, 0.717) is 43.4 Å². The molecule has 1 amide bonds. The molecule has 38 heavy (non-hydrogen) atoms. The van der Waals surface area contributed by atoms with Crippen LogP contribution in [0.5, 0.6) is 5.75 Å². The van der Waals surface area contributed by atoms with Gasteiger partial charge in [0.25, 0.3) is 0 Å². The van der Waals surface area contributed by atoms with Gasteiger partial charge in [0.2, 0.25) is 0 Å². The Balaban J connectivity index is 1.66. The number of alkyl carbamates (subject to hydrolysis) is 1. The molecular formula is C25H32F3N5O5. The van der Waals surface area contributed by atoms with Crippen LogP contribution in [0.25, 0.3) is 11.3 Å². The number of anilines is 1. The predicted molar refractivity (Wildman–Crippen MR) is 133 cm³/mol. The van der Waals surface area contributed by atoms with Gasteiger partial charge in [0, 0.05) is 31.2 Å². The molecule has 2 heterocycles. The highest BCUT2D eigenvalue weighted by Gasteiger charge is 2.33. The van der Waals surface area contributed by atoms with Crippen molar-refractivity contribution in [2.45, 2.75) is 64.4 Å². The maximum atomic E-state index is 12.9. The number of hydrogen-bond acceptors (Lipinski definition) is 8. The number of nitrogens with zero attached hydrogens (tertiary/aromatic N) is 3. The van der Waals surface area contributed by atoms with E-state index in [0.717, 1.165) is 12.1 Å². The molecule has 0 aliphatic carbocycles. The van der Waals surface area contributed by atoms with Gasteiger partial charge in [0.15, 0.2) is 0 Å². The standard InChI is InChI=1S/C25H32F3N5O5/c1-14-11-20(31-32-21(14)17-7-5-15(12-19(17)34)25(26,27)28)30-16-6-8-18(22(35)36)33(13-16)10-9-29-23(37)38-24(2,3)4/h5,7,11-12,16,18,34H,6,8-10,13H2,1-4H3,(H,29,37)(H,30,31)(H,35,36)/t16-,18-/m1/s1. The third kappa shape index (κ3) is 7.70. The molecule has 1 fully saturated rings. The SMILES string of the molecule is Cc1cc(N[C@@H]2CC[C@H](C(=O)O)N(CCNC(=O)OC(C)(C)C)C2)nnc1-c1ccc(C(F)(F)F)cc1O. The summed E-state index contributed by atoms with van der Waals surface area (Å²) in [5, 5.41) is 33.9. The van der Waals surface area contributed by atoms with E-state index in [4.69, 9.17) is 4.74 Å². The highest BCUT2D eigenvalue weighted by Crippen LogP contribution is 2.37. The van der Waals surface area contributed by atoms with E-state index in [9.17, 15) is 33.0 Å². The lowest BCUT2D eigenvalue weighted by Crippen LogP contribution is -2.53. The smallest absolute Gasteiger partial charge is 0.416 e. The summed E-state index contributed by atoms with van der Waals surface area (Å²) in [5.74, 6) is -1.10. The van der Waals surface area contributed by atoms with E-state index < -0.39 is 41.2 Å². The number of aliphatic carboxylic acids is 1. The van der Waals surface area contributed by atoms with Crippen molar-refractivity contribution in [3.05, 3.63) is 35.4 Å². The second-order valence-electron chi connectivity index (χ2n) is 10.2. The molecule has 0 saturated carbocycles. The van der Waals surface area contributed by atoms with Gasteiger partial charge in [-0.05, 0) is 70.4 Å². The molecular weight excluding hydrogens is 507 g/mol. The first-order valence-electron chi connectivity index (χ1n) is 12.1. The van der Waals surface area contributed by atoms with Crippen molar-refractivity contribution in [2.75, 3.05) is 25.0 Å². The summed E-state index contributed by atoms with van der Waals surface area (Å²) >= 11 is 0. The number of amides is 1. The molecule has 208 valence electrons. The number of piperidine rings is 1. The maximum absolute atomic E-state index is 12.9. The number of phenolic OH excluding ortho intramolecular Hbond substituents is 1. The molecule has 0 spiro atoms. The third-order valence-corrected chi connectivity index (χ3v) is 5.95. The molecule has 10 nitrogen and oxygen atoms in total. The number of aryl methyl sites for hydroxylation is 1. The van der Waals surface area contributed by atoms with Crippen LogP contribution in [0.3, 0.4) is 0 Å². The minimum atomic E-state index is -4.58. The number of halogens is 3. The number of aromatic hydroxyl groups is 1. The van der Waals surface area contributed by atoms with E-state index in [1.165, 1.54) is 0 Å². The summed E-state index contributed by atoms with van der Waals surface area (Å²) in [4.78, 5) is 25.4. The number of ether oxygens (including phenoxy) is 1. The van der Waals surface area contributed by atoms with Gasteiger partial charge in [-0.3, -0.25) is 9.69 Å². The summed E-state index contributed by atoms with van der Waals surface area (Å²) in [6.45, 7) is 7.81. The lowest BCUT2D eigenvalue weighted by molar-refractivity contribution is -0.144. The lowest BCUT2D eigenvalue weighted by Gasteiger charge is -2.37. The largest absolute Gasteiger partial charge is 0.507 e. The van der Waals surface area contributed by atoms with Crippen LogP contribution in [0, 0.1) is 6.92 Å². The lowest BCUT2D eigenvalue weighted by atomic mass is 9.98. The van der Waals surface area contributed by atoms with Crippen LogP contribution in [-0.2, 0) is 15.7 Å². The Morgan fingerprint density at radius 3 is 2.45 bits per heavy atom. The van der Waals surface area contributed by atoms with E-state index in [1.807, 2.05) is 0 Å². The van der Waals surface area contributed by atoms with Gasteiger partial charge in [0.05, 0.1) is 11.3 Å². The van der Waals surface area contributed by atoms with Gasteiger partial charge in [-0.15, -0.1) is 10.2 Å². The maximum Gasteiger partial charge on any atom is 0.416 e. The summed E-state index contributed by atoms with van der Waals surface area (Å²) in [6, 6.07) is 3.47. The normalized spacial score (nSPS) is 18.6. The van der Waals surface area contributed by atoms with Gasteiger partial charge in [-0.1, -0.05) is 0 Å². The van der Waals surface area contributed by atoms with Crippen LogP contribution in [-0.4, -0.2) is 74.7 Å². The molecule has 1 aliphatic rings. The molecule has 1 aliphatic heterocycles. The van der Waals surface area contributed by atoms with E-state index >= 15 is 0 Å². The second-order valence-corrected chi connectivity index (χ2v) is 10.2. The van der Waals surface area contributed by atoms with E-state index in [2.05, 4.69) is 20.8 Å². The van der Waals surface area contributed by atoms with Crippen molar-refractivity contribution in [3.63, 3.8) is 0 Å². The second kappa shape index (κ2) is 11.4. The molecule has 1 aromatic heterocycles. The molecule has 13 heteroatoms. The number of nitrogens with one attached hydrogen (secondary N) is 2. The number of carboxylic acids is 1. The number of phenols is 1. The van der Waals surface area contributed by atoms with Crippen LogP contribution >= 0.6 is 0 Å². The Morgan fingerprint density at radius 1 is 1.16 bits per heavy atom. The Hall–Kier alpha value is -3.61. The Labute approximate surface area is 218 Å². The van der Waals surface area contributed by atoms with Gasteiger partial charge in [-0.2, -0.15) is 13.2 Å². The average molecular weight is 540 g/mol. The first-order valence-corrected chi connectivity index (χ1v) is 12.1. The highest BCUT2D eigenvalue weighted by atomic mass is 19.4. The van der Waals surface area contributed by atoms with Crippen molar-refractivity contribution in [1.29, 1.82) is 0 Å². The zero-order chi connectivity index (χ0) is 28.3. The Morgan fingerprint density at radius 2 is 1.87 bits per heavy atom. The zero-order valence-corrected chi connectivity index (χ0v) is 21.6. The highest BCUT2D eigenvalue weighted by molar-refractivity contribution is 5.74. The molecule has 0 bridgehead atoms. The molecule has 2 aromatic rings. The molecule has 0 radical (unpaired) electrons. The van der Waals surface area contributed by atoms with Crippen molar-refractivity contribution < 1.29 is 37.7 Å². The molecule has 3 rings (SSSR count). The number of hydrogen-bond donors (Lipinski definition) is 4. The van der Waals surface area contributed by atoms with Crippen LogP contribution in [0.2, 0.25) is 0 Å². The number of carbonyl (C=O) groups is 2. The Bertz CT molecular complexity index is 1170. The molecule has 2 atom stereocenters. The van der Waals surface area contributed by atoms with E-state index in [-0.39, 0.29) is 23.8 Å². The van der Waals surface area contributed by atoms with Crippen LogP contribution in [0.15, 0.2) is 24.3 Å². The van der Waals surface area contributed by atoms with Crippen molar-refractivity contribution in [2.24, 2.45) is 0 Å². The summed E-state index contributed by atoms with van der Waals surface area (Å²) < 4.78 is 43.9. The molecule has 1 saturated heterocycles. The minimum Gasteiger partial charge on any atom is -0.507 e. The number of aromatic nitrogens is 2. The fraction of sp³-hybridized carbons (Fsp3) is 0.520. The average Bonchev–Trinajstić information content (AvgIpc) is 2.78. The monoisotopic (exact) mass is 539 g/mol. The summed E-state index contributed by atoms with van der Waals surface area (Å²) in [5.41, 5.74) is -0.666. The number of rotatable bonds is 7. The van der Waals surface area contributed by atoms with Crippen molar-refractivity contribution in [3.8, 4) is 17.0 Å². The predicted octanol–water partition coefficient (Wildman–Crippen LogP) is 4.03. The molecule has 1 aromatic carbocycles. The first-order chi connectivity index (χ1) is 17.6. The summed E-state index contributed by atoms with van der Waals surface area (Å²) in [7, 11) is 0. The number of alkyl halides is 3. The fourth-order valence-electron chi connectivity index (χ4n) is 4.24. The molecule has 0 unspecified atom stereocenters. The van der Waals surface area contributed by atoms with Crippen LogP contribution in [0.1, 0.15) is 44.7 Å². The third-order valence-electron chi connectivity index (χ3n) is 5.95. The van der Waals surface area contributed by atoms with Gasteiger partial charge >= 0.3 is 18.2 Å². The zero-order valence-electron chi connectivity index (χ0n) is 21.6. The van der Waals surface area contributed by atoms with Crippen molar-refractivity contribution in [1.82, 2.24) is 20.4 Å². The van der Waals surface area contributed by atoms with Gasteiger partial charge < -0.3 is 25.6 Å². The fourth-order valence-corrected chi connectivity index (χ4v) is 4.24. The van der Waals surface area contributed by atoms with E-state index in [1.54, 1.807) is 38.7 Å². The van der Waals surface area contributed by atoms with Crippen molar-refractivity contribution >= 4 is 17.9 Å². The topological polar surface area (TPSA) is 137 Å². The molecule has 4 N–H and O–H groups in total. The number of carbonyl (C=O) groups excluding carboxylic acids is 1. The van der Waals surface area contributed by atoms with Gasteiger partial charge in [0.1, 0.15) is 23.2 Å². The number of likely N-dealkylation sites (tertiary alicyclic amines) is 1. The quantitative estimate of drug-likeness (QED) is 0.411. The minimum absolute atomic E-state index is 0.125. The van der Waals surface area contributed by atoms with Gasteiger partial charge in [-0.25, -0.2) is 4.79 Å². The number of benzene rings is 1. The number of carboxylic acid groups (broad SMARTS) is 1. The van der Waals surface area contributed by atoms with Crippen LogP contribution in [0.4, 0.5) is 23.8 Å². The Kier molecular flexibility index (Phi) is 8.70. The first kappa shape index (κ1) is 29.0. The summed E-state index contributed by atoms with van der Waals surface area (Å²) in [6.07, 6.45) is -4.23. The van der Waals surface area contributed by atoms with Crippen LogP contribution < -0.4 is 10.6 Å².